The molecular weight excluding hydrogens is 186 g/mol. The molecule has 0 aliphatic carbocycles. The number of thiocarbonyl (C=S) groups is 1. The Hall–Kier alpha value is -0.800. The van der Waals surface area contributed by atoms with Crippen LogP contribution in [0.2, 0.25) is 0 Å². The van der Waals surface area contributed by atoms with Crippen LogP contribution in [0.5, 0.6) is 0 Å². The van der Waals surface area contributed by atoms with Crippen molar-refractivity contribution in [3.05, 3.63) is 41.3 Å². The van der Waals surface area contributed by atoms with Gasteiger partial charge in [-0.25, -0.2) is 0 Å². The highest BCUT2D eigenvalue weighted by Gasteiger charge is 1.84. The van der Waals surface area contributed by atoms with E-state index in [1.165, 1.54) is 11.8 Å². The van der Waals surface area contributed by atoms with Gasteiger partial charge in [0.25, 0.3) is 0 Å². The molecule has 12 heavy (non-hydrogen) atoms. The van der Waals surface area contributed by atoms with Gasteiger partial charge in [-0.1, -0.05) is 54.3 Å². The van der Waals surface area contributed by atoms with Gasteiger partial charge in [-0.2, -0.15) is 0 Å². The van der Waals surface area contributed by atoms with Gasteiger partial charge in [0, 0.05) is 0 Å². The van der Waals surface area contributed by atoms with E-state index in [2.05, 4.69) is 0 Å². The summed E-state index contributed by atoms with van der Waals surface area (Å²) in [6.45, 7) is 0. The number of hydrogen-bond donors (Lipinski definition) is 1. The smallest absolute Gasteiger partial charge is 0.135 e. The zero-order valence-electron chi connectivity index (χ0n) is 6.44. The van der Waals surface area contributed by atoms with Crippen molar-refractivity contribution in [2.24, 2.45) is 5.73 Å². The largest absolute Gasteiger partial charge is 0.384 e. The van der Waals surface area contributed by atoms with Crippen molar-refractivity contribution in [3.63, 3.8) is 0 Å². The molecular formula is C9H9NS2. The minimum atomic E-state index is 0.446. The van der Waals surface area contributed by atoms with Crippen molar-refractivity contribution >= 4 is 34.4 Å². The first-order valence-electron chi connectivity index (χ1n) is 3.47. The summed E-state index contributed by atoms with van der Waals surface area (Å²) in [5.41, 5.74) is 6.45. The summed E-state index contributed by atoms with van der Waals surface area (Å²) in [5.74, 6) is 0. The maximum atomic E-state index is 5.30. The molecule has 1 rings (SSSR count). The molecule has 1 aromatic carbocycles. The Bertz CT molecular complexity index is 280. The maximum Gasteiger partial charge on any atom is 0.135 e. The Morgan fingerprint density at radius 3 is 2.58 bits per heavy atom. The lowest BCUT2D eigenvalue weighted by Gasteiger charge is -1.90. The van der Waals surface area contributed by atoms with Crippen molar-refractivity contribution in [1.29, 1.82) is 0 Å². The van der Waals surface area contributed by atoms with Crippen molar-refractivity contribution in [2.75, 3.05) is 0 Å². The second kappa shape index (κ2) is 4.95. The van der Waals surface area contributed by atoms with Crippen LogP contribution in [-0.4, -0.2) is 4.32 Å². The molecule has 0 unspecified atom stereocenters. The third-order valence-corrected chi connectivity index (χ3v) is 2.04. The summed E-state index contributed by atoms with van der Waals surface area (Å²) < 4.78 is 0.446. The summed E-state index contributed by atoms with van der Waals surface area (Å²) >= 11 is 6.06. The Kier molecular flexibility index (Phi) is 3.84. The maximum absolute atomic E-state index is 5.30. The number of thioether (sulfide) groups is 1. The molecule has 1 nitrogen and oxygen atoms in total. The third kappa shape index (κ3) is 3.55. The highest BCUT2D eigenvalue weighted by Crippen LogP contribution is 2.07. The quantitative estimate of drug-likeness (QED) is 0.735. The fourth-order valence-corrected chi connectivity index (χ4v) is 1.27. The van der Waals surface area contributed by atoms with E-state index in [0.717, 1.165) is 5.56 Å². The molecule has 0 fully saturated rings. The molecule has 62 valence electrons. The average Bonchev–Trinajstić information content (AvgIpc) is 2.05. The second-order valence-corrected chi connectivity index (χ2v) is 3.80. The summed E-state index contributed by atoms with van der Waals surface area (Å²) in [5, 5.41) is 1.89. The van der Waals surface area contributed by atoms with Gasteiger partial charge in [-0.05, 0) is 17.0 Å². The monoisotopic (exact) mass is 195 g/mol. The summed E-state index contributed by atoms with van der Waals surface area (Å²) in [6.07, 6.45) is 1.98. The molecule has 0 aromatic heterocycles. The minimum Gasteiger partial charge on any atom is -0.384 e. The number of hydrogen-bond acceptors (Lipinski definition) is 2. The van der Waals surface area contributed by atoms with Crippen LogP contribution in [0.3, 0.4) is 0 Å². The molecule has 0 radical (unpaired) electrons. The van der Waals surface area contributed by atoms with Crippen LogP contribution in [0.25, 0.3) is 6.08 Å². The van der Waals surface area contributed by atoms with E-state index in [0.29, 0.717) is 4.32 Å². The first-order chi connectivity index (χ1) is 5.79. The van der Waals surface area contributed by atoms with Gasteiger partial charge in [0.15, 0.2) is 0 Å². The Morgan fingerprint density at radius 2 is 2.00 bits per heavy atom. The van der Waals surface area contributed by atoms with E-state index in [1.54, 1.807) is 0 Å². The predicted molar refractivity (Wildman–Crippen MR) is 59.9 cm³/mol. The van der Waals surface area contributed by atoms with Crippen LogP contribution in [0.4, 0.5) is 0 Å². The predicted octanol–water partition coefficient (Wildman–Crippen LogP) is 2.63. The van der Waals surface area contributed by atoms with Gasteiger partial charge in [-0.3, -0.25) is 0 Å². The van der Waals surface area contributed by atoms with E-state index in [4.69, 9.17) is 18.0 Å². The topological polar surface area (TPSA) is 26.0 Å². The van der Waals surface area contributed by atoms with Gasteiger partial charge in [0.2, 0.25) is 0 Å². The lowest BCUT2D eigenvalue weighted by molar-refractivity contribution is 1.67. The normalized spacial score (nSPS) is 10.3. The van der Waals surface area contributed by atoms with Crippen LogP contribution in [0, 0.1) is 0 Å². The lowest BCUT2D eigenvalue weighted by Crippen LogP contribution is -1.98. The highest BCUT2D eigenvalue weighted by molar-refractivity contribution is 8.24. The van der Waals surface area contributed by atoms with Crippen molar-refractivity contribution in [1.82, 2.24) is 0 Å². The van der Waals surface area contributed by atoms with E-state index in [9.17, 15) is 0 Å². The Morgan fingerprint density at radius 1 is 1.33 bits per heavy atom. The number of nitrogens with two attached hydrogens (primary N) is 1. The molecule has 0 heterocycles. The van der Waals surface area contributed by atoms with Crippen molar-refractivity contribution < 1.29 is 0 Å². The molecule has 0 aliphatic heterocycles. The molecule has 0 aliphatic rings. The zero-order valence-corrected chi connectivity index (χ0v) is 8.07. The zero-order chi connectivity index (χ0) is 8.81. The molecule has 0 atom stereocenters. The first-order valence-corrected chi connectivity index (χ1v) is 4.75. The molecule has 0 saturated carbocycles. The molecule has 0 bridgehead atoms. The molecule has 0 spiro atoms. The standard InChI is InChI=1S/C9H9NS2/c10-9(11)12-7-6-8-4-2-1-3-5-8/h1-7H,(H2,10,11)/b7-6-. The Balaban J connectivity index is 2.52. The van der Waals surface area contributed by atoms with Gasteiger partial charge in [0.1, 0.15) is 4.32 Å². The van der Waals surface area contributed by atoms with E-state index < -0.39 is 0 Å². The molecule has 3 heteroatoms. The minimum absolute atomic E-state index is 0.446. The summed E-state index contributed by atoms with van der Waals surface area (Å²) in [6, 6.07) is 10.0. The molecule has 2 N–H and O–H groups in total. The first kappa shape index (κ1) is 9.29. The lowest BCUT2D eigenvalue weighted by atomic mass is 10.2. The highest BCUT2D eigenvalue weighted by atomic mass is 32.2. The summed E-state index contributed by atoms with van der Waals surface area (Å²) in [4.78, 5) is 0. The van der Waals surface area contributed by atoms with E-state index in [1.807, 2.05) is 41.8 Å². The fraction of sp³-hybridized carbons (Fsp3) is 0. The molecule has 1 aromatic rings. The van der Waals surface area contributed by atoms with Gasteiger partial charge in [0.05, 0.1) is 0 Å². The van der Waals surface area contributed by atoms with Crippen LogP contribution < -0.4 is 5.73 Å². The van der Waals surface area contributed by atoms with Crippen molar-refractivity contribution in [3.8, 4) is 0 Å². The van der Waals surface area contributed by atoms with E-state index >= 15 is 0 Å². The van der Waals surface area contributed by atoms with Gasteiger partial charge >= 0.3 is 0 Å². The van der Waals surface area contributed by atoms with E-state index in [-0.39, 0.29) is 0 Å². The Labute approximate surface area is 81.7 Å². The fourth-order valence-electron chi connectivity index (χ4n) is 0.744. The SMILES string of the molecule is NC(=S)S/C=C\c1ccccc1. The summed E-state index contributed by atoms with van der Waals surface area (Å²) in [7, 11) is 0. The van der Waals surface area contributed by atoms with Crippen LogP contribution in [0.15, 0.2) is 35.7 Å². The van der Waals surface area contributed by atoms with Gasteiger partial charge in [-0.15, -0.1) is 0 Å². The second-order valence-electron chi connectivity index (χ2n) is 2.15. The number of benzene rings is 1. The number of rotatable bonds is 2. The van der Waals surface area contributed by atoms with Crippen molar-refractivity contribution in [2.45, 2.75) is 0 Å². The third-order valence-electron chi connectivity index (χ3n) is 1.24. The van der Waals surface area contributed by atoms with Gasteiger partial charge < -0.3 is 5.73 Å². The molecule has 0 amide bonds. The van der Waals surface area contributed by atoms with Crippen LogP contribution in [-0.2, 0) is 0 Å². The van der Waals surface area contributed by atoms with Crippen LogP contribution >= 0.6 is 24.0 Å². The van der Waals surface area contributed by atoms with Crippen LogP contribution in [0.1, 0.15) is 5.56 Å². The molecule has 0 saturated heterocycles. The average molecular weight is 195 g/mol.